The number of hydrogen-bond donors (Lipinski definition) is 1. The Morgan fingerprint density at radius 2 is 2.00 bits per heavy atom. The molecule has 1 aromatic rings. The highest BCUT2D eigenvalue weighted by molar-refractivity contribution is 5.73. The van der Waals surface area contributed by atoms with Gasteiger partial charge in [0.25, 0.3) is 0 Å². The topological polar surface area (TPSA) is 46.5 Å². The summed E-state index contributed by atoms with van der Waals surface area (Å²) in [5.41, 5.74) is 0.780. The number of rotatable bonds is 7. The average Bonchev–Trinajstić information content (AvgIpc) is 3.02. The van der Waals surface area contributed by atoms with Crippen LogP contribution in [0.2, 0.25) is 0 Å². The van der Waals surface area contributed by atoms with Gasteiger partial charge >= 0.3 is 5.97 Å². The van der Waals surface area contributed by atoms with E-state index < -0.39 is 0 Å². The second-order valence-electron chi connectivity index (χ2n) is 6.61. The summed E-state index contributed by atoms with van der Waals surface area (Å²) in [5, 5.41) is 9.42. The molecule has 0 fully saturated rings. The van der Waals surface area contributed by atoms with Crippen LogP contribution in [0.5, 0.6) is 5.75 Å². The van der Waals surface area contributed by atoms with Crippen molar-refractivity contribution in [3.05, 3.63) is 42.0 Å². The molecule has 3 unspecified atom stereocenters. The Bertz CT molecular complexity index is 547. The molecule has 0 saturated carbocycles. The third kappa shape index (κ3) is 4.37. The third-order valence-corrected chi connectivity index (χ3v) is 4.96. The molecule has 0 saturated heterocycles. The van der Waals surface area contributed by atoms with Crippen molar-refractivity contribution >= 4 is 5.97 Å². The molecule has 1 aliphatic carbocycles. The Kier molecular flexibility index (Phi) is 5.86. The molecule has 0 bridgehead atoms. The van der Waals surface area contributed by atoms with Crippen LogP contribution in [0.1, 0.15) is 64.4 Å². The van der Waals surface area contributed by atoms with Crippen LogP contribution in [0.3, 0.4) is 0 Å². The molecule has 0 radical (unpaired) electrons. The summed E-state index contributed by atoms with van der Waals surface area (Å²) in [5.74, 6) is 0.339. The molecule has 3 heteroatoms. The summed E-state index contributed by atoms with van der Waals surface area (Å²) >= 11 is 0. The van der Waals surface area contributed by atoms with Crippen LogP contribution < -0.4 is 0 Å². The summed E-state index contributed by atoms with van der Waals surface area (Å²) in [7, 11) is 0. The number of carbonyl (C=O) groups excluding carboxylic acids is 1. The summed E-state index contributed by atoms with van der Waals surface area (Å²) in [6.07, 6.45) is 8.60. The van der Waals surface area contributed by atoms with Gasteiger partial charge in [0.05, 0.1) is 5.92 Å². The number of hydrogen-bond acceptors (Lipinski definition) is 3. The van der Waals surface area contributed by atoms with Crippen molar-refractivity contribution < 1.29 is 14.6 Å². The molecule has 0 aliphatic heterocycles. The number of allylic oxidation sites excluding steroid dienone is 1. The number of ether oxygens (including phenoxy) is 1. The number of phenolic OH excluding ortho intramolecular Hbond substituents is 1. The highest BCUT2D eigenvalue weighted by Crippen LogP contribution is 2.33. The van der Waals surface area contributed by atoms with Gasteiger partial charge in [-0.15, -0.1) is 0 Å². The Morgan fingerprint density at radius 3 is 2.52 bits per heavy atom. The van der Waals surface area contributed by atoms with Gasteiger partial charge < -0.3 is 9.84 Å². The van der Waals surface area contributed by atoms with Crippen LogP contribution in [0, 0.1) is 5.92 Å². The van der Waals surface area contributed by atoms with E-state index in [1.165, 1.54) is 0 Å². The normalized spacial score (nSPS) is 22.7. The highest BCUT2D eigenvalue weighted by atomic mass is 16.6. The highest BCUT2D eigenvalue weighted by Gasteiger charge is 2.33. The maximum absolute atomic E-state index is 12.5. The molecule has 0 heterocycles. The van der Waals surface area contributed by atoms with Crippen molar-refractivity contribution in [3.8, 4) is 5.75 Å². The lowest BCUT2D eigenvalue weighted by molar-refractivity contribution is -0.160. The zero-order valence-corrected chi connectivity index (χ0v) is 14.4. The zero-order chi connectivity index (χ0) is 16.9. The van der Waals surface area contributed by atoms with Crippen molar-refractivity contribution in [1.82, 2.24) is 0 Å². The van der Waals surface area contributed by atoms with Crippen LogP contribution in [0.15, 0.2) is 36.4 Å². The minimum atomic E-state index is -0.383. The van der Waals surface area contributed by atoms with E-state index in [9.17, 15) is 9.90 Å². The Morgan fingerprint density at radius 1 is 1.30 bits per heavy atom. The summed E-state index contributed by atoms with van der Waals surface area (Å²) in [4.78, 5) is 12.5. The molecular weight excluding hydrogens is 288 g/mol. The van der Waals surface area contributed by atoms with Crippen LogP contribution in [-0.4, -0.2) is 16.7 Å². The maximum atomic E-state index is 12.5. The van der Waals surface area contributed by atoms with Gasteiger partial charge in [-0.1, -0.05) is 39.0 Å². The van der Waals surface area contributed by atoms with E-state index in [1.54, 1.807) is 12.1 Å². The smallest absolute Gasteiger partial charge is 0.309 e. The number of esters is 1. The van der Waals surface area contributed by atoms with Gasteiger partial charge in [-0.25, -0.2) is 0 Å². The molecule has 23 heavy (non-hydrogen) atoms. The maximum Gasteiger partial charge on any atom is 0.309 e. The first-order valence-corrected chi connectivity index (χ1v) is 8.69. The molecule has 1 aliphatic rings. The average molecular weight is 316 g/mol. The fourth-order valence-corrected chi connectivity index (χ4v) is 3.27. The largest absolute Gasteiger partial charge is 0.508 e. The van der Waals surface area contributed by atoms with Crippen molar-refractivity contribution in [2.45, 2.75) is 64.4 Å². The summed E-state index contributed by atoms with van der Waals surface area (Å²) in [6, 6.07) is 7.29. The van der Waals surface area contributed by atoms with Crippen molar-refractivity contribution in [2.24, 2.45) is 5.92 Å². The first-order chi connectivity index (χ1) is 11.0. The van der Waals surface area contributed by atoms with Gasteiger partial charge in [0.1, 0.15) is 11.4 Å². The van der Waals surface area contributed by atoms with Crippen LogP contribution in [-0.2, 0) is 9.53 Å². The van der Waals surface area contributed by atoms with E-state index in [0.717, 1.165) is 37.7 Å². The van der Waals surface area contributed by atoms with Gasteiger partial charge in [-0.2, -0.15) is 0 Å². The molecule has 3 nitrogen and oxygen atoms in total. The number of benzene rings is 1. The van der Waals surface area contributed by atoms with E-state index in [1.807, 2.05) is 19.1 Å². The first kappa shape index (κ1) is 17.6. The minimum absolute atomic E-state index is 0.101. The van der Waals surface area contributed by atoms with Crippen molar-refractivity contribution in [2.75, 3.05) is 0 Å². The molecular formula is C20H28O3. The fraction of sp³-hybridized carbons (Fsp3) is 0.550. The molecule has 0 aromatic heterocycles. The number of aromatic hydroxyl groups is 1. The third-order valence-electron chi connectivity index (χ3n) is 4.96. The van der Waals surface area contributed by atoms with E-state index in [-0.39, 0.29) is 23.2 Å². The van der Waals surface area contributed by atoms with Crippen LogP contribution >= 0.6 is 0 Å². The van der Waals surface area contributed by atoms with E-state index >= 15 is 0 Å². The number of phenols is 1. The fourth-order valence-electron chi connectivity index (χ4n) is 3.27. The van der Waals surface area contributed by atoms with Crippen molar-refractivity contribution in [1.29, 1.82) is 0 Å². The quantitative estimate of drug-likeness (QED) is 0.571. The number of carbonyl (C=O) groups is 1. The van der Waals surface area contributed by atoms with Gasteiger partial charge in [0, 0.05) is 0 Å². The lowest BCUT2D eigenvalue weighted by atomic mass is 9.87. The van der Waals surface area contributed by atoms with Gasteiger partial charge in [0.15, 0.2) is 0 Å². The van der Waals surface area contributed by atoms with Gasteiger partial charge in [0.2, 0.25) is 0 Å². The lowest BCUT2D eigenvalue weighted by Gasteiger charge is -2.28. The van der Waals surface area contributed by atoms with Gasteiger partial charge in [-0.05, 0) is 61.8 Å². The second kappa shape index (κ2) is 7.67. The lowest BCUT2D eigenvalue weighted by Crippen LogP contribution is -2.33. The molecule has 126 valence electrons. The summed E-state index contributed by atoms with van der Waals surface area (Å²) < 4.78 is 5.84. The predicted octanol–water partition coefficient (Wildman–Crippen LogP) is 4.95. The SMILES string of the molecule is CCC(CC(C)C(=O)OC1(CC)C=CCC1)c1ccc(O)cc1. The van der Waals surface area contributed by atoms with E-state index in [0.29, 0.717) is 5.92 Å². The predicted molar refractivity (Wildman–Crippen MR) is 92.4 cm³/mol. The monoisotopic (exact) mass is 316 g/mol. The molecule has 0 amide bonds. The Labute approximate surface area is 139 Å². The van der Waals surface area contributed by atoms with Crippen LogP contribution in [0.4, 0.5) is 0 Å². The molecule has 0 spiro atoms. The summed E-state index contributed by atoms with van der Waals surface area (Å²) in [6.45, 7) is 6.15. The minimum Gasteiger partial charge on any atom is -0.508 e. The molecule has 1 N–H and O–H groups in total. The Balaban J connectivity index is 1.98. The Hall–Kier alpha value is -1.77. The standard InChI is InChI=1S/C20H28O3/c1-4-16(17-8-10-18(21)11-9-17)14-15(3)19(22)23-20(5-2)12-6-7-13-20/h6,8-12,15-16,21H,4-5,7,13-14H2,1-3H3. The van der Waals surface area contributed by atoms with E-state index in [4.69, 9.17) is 4.74 Å². The van der Waals surface area contributed by atoms with E-state index in [2.05, 4.69) is 26.0 Å². The molecule has 2 rings (SSSR count). The van der Waals surface area contributed by atoms with Crippen LogP contribution in [0.25, 0.3) is 0 Å². The zero-order valence-electron chi connectivity index (χ0n) is 14.4. The second-order valence-corrected chi connectivity index (χ2v) is 6.61. The molecule has 3 atom stereocenters. The van der Waals surface area contributed by atoms with Crippen molar-refractivity contribution in [3.63, 3.8) is 0 Å². The molecule has 1 aromatic carbocycles. The first-order valence-electron chi connectivity index (χ1n) is 8.69. The van der Waals surface area contributed by atoms with Gasteiger partial charge in [-0.3, -0.25) is 4.79 Å².